The fourth-order valence-corrected chi connectivity index (χ4v) is 9.42. The van der Waals surface area contributed by atoms with E-state index in [1.807, 2.05) is 102 Å². The molecule has 0 saturated carbocycles. The fourth-order valence-electron chi connectivity index (χ4n) is 9.42. The molecule has 2 aromatic carbocycles. The van der Waals surface area contributed by atoms with Crippen LogP contribution in [0, 0.1) is 0 Å². The predicted molar refractivity (Wildman–Crippen MR) is 277 cm³/mol. The molecule has 0 aromatic heterocycles. The molecule has 416 valence electrons. The quantitative estimate of drug-likeness (QED) is 0.160. The molecule has 2 aromatic rings. The maximum absolute atomic E-state index is 12.9. The van der Waals surface area contributed by atoms with Crippen molar-refractivity contribution >= 4 is 36.1 Å². The number of nitrogens with two attached hydrogens (primary N) is 1. The molecule has 74 heavy (non-hydrogen) atoms. The second-order valence-corrected chi connectivity index (χ2v) is 20.6. The second kappa shape index (κ2) is 28.8. The standard InChI is InChI=1S/C25H36N4O6.C14H16N2O4.C11H22N2O3.3CH4/c1-25(2,3)35-24(32)27-14-8-7-11-20(27)17-33-26-22(30)21-13-12-19-15-28(21)23(31)29(19)34-16-18-9-5-4-6-10-18;17-13(18)12-7-6-11-8-15(12)14(19)16(11)20-9-10-4-2-1-3-5-10;1-11(2,3)16-10(14)13-7-5-4-6-9(13)8-15-12;;;/h4-6,9-10,19-21H,7-8,11-17H2,1-3H3,(H,26,30);1-5,11-12H,6-9H2,(H,17,18);9H,4-8,12H2,1-3H3;3*1H4/t19-,20?,21+;11-,12+;;;;/m11..../s1. The molecule has 0 spiro atoms. The molecule has 21 nitrogen and oxygen atoms in total. The van der Waals surface area contributed by atoms with Gasteiger partial charge in [-0.2, -0.15) is 10.1 Å². The maximum Gasteiger partial charge on any atom is 0.410 e. The van der Waals surface area contributed by atoms with E-state index in [1.165, 1.54) is 15.0 Å². The summed E-state index contributed by atoms with van der Waals surface area (Å²) in [7, 11) is 0. The van der Waals surface area contributed by atoms with Crippen molar-refractivity contribution in [1.82, 2.24) is 35.2 Å². The number of benzene rings is 2. The van der Waals surface area contributed by atoms with Crippen molar-refractivity contribution in [3.8, 4) is 0 Å². The Hall–Kier alpha value is -5.74. The Bertz CT molecular complexity index is 2090. The minimum atomic E-state index is -0.943. The molecule has 6 atom stereocenters. The third-order valence-corrected chi connectivity index (χ3v) is 12.9. The summed E-state index contributed by atoms with van der Waals surface area (Å²) in [6.07, 6.45) is 7.42. The smallest absolute Gasteiger partial charge is 0.410 e. The first kappa shape index (κ1) is 62.6. The minimum absolute atomic E-state index is 0. The summed E-state index contributed by atoms with van der Waals surface area (Å²) in [5.74, 6) is 3.77. The molecule has 4 bridgehead atoms. The van der Waals surface area contributed by atoms with Crippen LogP contribution < -0.4 is 11.4 Å². The third kappa shape index (κ3) is 17.4. The van der Waals surface area contributed by atoms with E-state index >= 15 is 0 Å². The van der Waals surface area contributed by atoms with Gasteiger partial charge in [-0.1, -0.05) is 82.9 Å². The number of carbonyl (C=O) groups is 6. The Morgan fingerprint density at radius 3 is 1.45 bits per heavy atom. The number of likely N-dealkylation sites (tertiary alicyclic amines) is 2. The van der Waals surface area contributed by atoms with Crippen molar-refractivity contribution in [2.45, 2.75) is 189 Å². The summed E-state index contributed by atoms with van der Waals surface area (Å²) in [6.45, 7) is 14.5. The summed E-state index contributed by atoms with van der Waals surface area (Å²) in [5.41, 5.74) is 3.43. The summed E-state index contributed by atoms with van der Waals surface area (Å²) in [6, 6.07) is 17.0. The third-order valence-electron chi connectivity index (χ3n) is 12.9. The van der Waals surface area contributed by atoms with Crippen molar-refractivity contribution in [2.24, 2.45) is 5.90 Å². The van der Waals surface area contributed by atoms with Gasteiger partial charge in [0.1, 0.15) is 36.5 Å². The number of hydroxylamine groups is 5. The summed E-state index contributed by atoms with van der Waals surface area (Å²) in [5, 5.41) is 11.9. The Kier molecular flexibility index (Phi) is 24.3. The average molecular weight is 1040 g/mol. The van der Waals surface area contributed by atoms with Crippen molar-refractivity contribution < 1.29 is 62.7 Å². The van der Waals surface area contributed by atoms with E-state index in [1.54, 1.807) is 14.7 Å². The highest BCUT2D eigenvalue weighted by atomic mass is 16.7. The van der Waals surface area contributed by atoms with Gasteiger partial charge in [0.05, 0.1) is 37.4 Å². The van der Waals surface area contributed by atoms with Gasteiger partial charge in [-0.3, -0.25) is 19.3 Å². The van der Waals surface area contributed by atoms with E-state index in [9.17, 15) is 28.8 Å². The topological polar surface area (TPSA) is 236 Å². The minimum Gasteiger partial charge on any atom is -0.480 e. The van der Waals surface area contributed by atoms with Crippen molar-refractivity contribution in [2.75, 3.05) is 39.4 Å². The summed E-state index contributed by atoms with van der Waals surface area (Å²) >= 11 is 0. The largest absolute Gasteiger partial charge is 0.480 e. The number of piperidine rings is 4. The van der Waals surface area contributed by atoms with Gasteiger partial charge in [0.15, 0.2) is 0 Å². The van der Waals surface area contributed by atoms with Crippen molar-refractivity contribution in [3.05, 3.63) is 71.8 Å². The van der Waals surface area contributed by atoms with Gasteiger partial charge in [-0.25, -0.2) is 35.3 Å². The Balaban J connectivity index is 0.000000315. The predicted octanol–water partition coefficient (Wildman–Crippen LogP) is 8.27. The van der Waals surface area contributed by atoms with Gasteiger partial charge in [0.25, 0.3) is 5.91 Å². The molecule has 0 aliphatic carbocycles. The van der Waals surface area contributed by atoms with Gasteiger partial charge in [-0.15, -0.1) is 0 Å². The molecule has 6 fully saturated rings. The first-order chi connectivity index (χ1) is 33.8. The summed E-state index contributed by atoms with van der Waals surface area (Å²) in [4.78, 5) is 101. The monoisotopic (exact) mass is 1040 g/mol. The molecular formula is C53H86N8O13. The first-order valence-electron chi connectivity index (χ1n) is 24.8. The highest BCUT2D eigenvalue weighted by Gasteiger charge is 2.49. The van der Waals surface area contributed by atoms with Crippen LogP contribution in [0.3, 0.4) is 0 Å². The molecule has 0 radical (unpaired) electrons. The molecule has 8 rings (SSSR count). The lowest BCUT2D eigenvalue weighted by Crippen LogP contribution is -2.52. The summed E-state index contributed by atoms with van der Waals surface area (Å²) < 4.78 is 10.9. The number of carbonyl (C=O) groups excluding carboxylic acids is 5. The van der Waals surface area contributed by atoms with Crippen LogP contribution in [-0.2, 0) is 51.6 Å². The van der Waals surface area contributed by atoms with Crippen LogP contribution in [0.4, 0.5) is 19.2 Å². The van der Waals surface area contributed by atoms with Crippen molar-refractivity contribution in [3.63, 3.8) is 0 Å². The molecule has 4 N–H and O–H groups in total. The van der Waals surface area contributed by atoms with Crippen LogP contribution in [0.1, 0.15) is 139 Å². The normalized spacial score (nSPS) is 23.1. The Labute approximate surface area is 438 Å². The Morgan fingerprint density at radius 1 is 0.608 bits per heavy atom. The van der Waals surface area contributed by atoms with E-state index in [2.05, 4.69) is 10.3 Å². The number of nitrogens with one attached hydrogen (secondary N) is 1. The highest BCUT2D eigenvalue weighted by Crippen LogP contribution is 2.32. The van der Waals surface area contributed by atoms with Crippen LogP contribution in [0.5, 0.6) is 0 Å². The van der Waals surface area contributed by atoms with E-state index in [4.69, 9.17) is 35.0 Å². The molecule has 6 heterocycles. The van der Waals surface area contributed by atoms with Crippen LogP contribution in [0.25, 0.3) is 0 Å². The van der Waals surface area contributed by atoms with Crippen LogP contribution in [-0.4, -0.2) is 158 Å². The molecule has 6 aliphatic heterocycles. The number of rotatable bonds is 13. The molecule has 2 unspecified atom stereocenters. The Morgan fingerprint density at radius 2 is 1.03 bits per heavy atom. The number of fused-ring (bicyclic) bond motifs is 4. The van der Waals surface area contributed by atoms with Crippen LogP contribution >= 0.6 is 0 Å². The van der Waals surface area contributed by atoms with Gasteiger partial charge < -0.3 is 39.0 Å². The first-order valence-corrected chi connectivity index (χ1v) is 24.8. The SMILES string of the molecule is C.C.C.CC(C)(C)OC(=O)N1CCCCC1CON.CC(C)(C)OC(=O)N1CCCCC1CONC(=O)[C@@H]1CC[C@@H]2CN1C(=O)N2OCc1ccccc1.O=C(O)[C@@H]1CC[C@@H]2CN1C(=O)N2OCc1ccccc1. The lowest BCUT2D eigenvalue weighted by Gasteiger charge is -2.36. The number of hydrogen-bond acceptors (Lipinski definition) is 13. The van der Waals surface area contributed by atoms with Crippen LogP contribution in [0.2, 0.25) is 0 Å². The van der Waals surface area contributed by atoms with Crippen LogP contribution in [0.15, 0.2) is 60.7 Å². The van der Waals surface area contributed by atoms with E-state index < -0.39 is 29.3 Å². The average Bonchev–Trinajstić information content (AvgIpc) is 3.71. The lowest BCUT2D eigenvalue weighted by atomic mass is 10.0. The van der Waals surface area contributed by atoms with Gasteiger partial charge in [-0.05, 0) is 117 Å². The molecule has 6 aliphatic rings. The van der Waals surface area contributed by atoms with E-state index in [-0.39, 0.29) is 83.2 Å². The lowest BCUT2D eigenvalue weighted by molar-refractivity contribution is -0.143. The number of ether oxygens (including phenoxy) is 2. The van der Waals surface area contributed by atoms with E-state index in [0.29, 0.717) is 65.1 Å². The van der Waals surface area contributed by atoms with Gasteiger partial charge >= 0.3 is 30.2 Å². The van der Waals surface area contributed by atoms with E-state index in [0.717, 1.165) is 56.2 Å². The number of carboxylic acids is 1. The second-order valence-electron chi connectivity index (χ2n) is 20.6. The number of carboxylic acid groups (broad SMARTS) is 1. The fraction of sp³-hybridized carbons (Fsp3) is 0.660. The number of amides is 7. The van der Waals surface area contributed by atoms with Crippen molar-refractivity contribution in [1.29, 1.82) is 0 Å². The number of urea groups is 2. The zero-order valence-electron chi connectivity index (χ0n) is 42.1. The number of aliphatic carboxylic acids is 1. The van der Waals surface area contributed by atoms with Gasteiger partial charge in [0.2, 0.25) is 0 Å². The number of nitrogens with zero attached hydrogens (tertiary/aromatic N) is 6. The maximum atomic E-state index is 12.9. The molecule has 6 saturated heterocycles. The van der Waals surface area contributed by atoms with Gasteiger partial charge in [0, 0.05) is 26.2 Å². The molecule has 21 heteroatoms. The molecule has 7 amide bonds. The zero-order chi connectivity index (χ0) is 51.3. The number of hydrogen-bond donors (Lipinski definition) is 3. The molecular weight excluding hydrogens is 957 g/mol. The zero-order valence-corrected chi connectivity index (χ0v) is 42.1. The highest BCUT2D eigenvalue weighted by molar-refractivity contribution is 5.88.